The molecular formula is C35H62N2. The fourth-order valence-corrected chi connectivity index (χ4v) is 9.06. The molecule has 37 heavy (non-hydrogen) atoms. The van der Waals surface area contributed by atoms with Crippen LogP contribution in [0.1, 0.15) is 132 Å². The third-order valence-corrected chi connectivity index (χ3v) is 10.8. The topological polar surface area (TPSA) is 49.8 Å². The number of nitriles is 1. The molecule has 0 aromatic rings. The van der Waals surface area contributed by atoms with Gasteiger partial charge >= 0.3 is 0 Å². The van der Waals surface area contributed by atoms with E-state index in [1.54, 1.807) is 11.6 Å². The standard InChI is InChI=1S/C26H47N.C7H9N.C2H6/c1-6-10-16-25(5)20(8-3)11-12-21-23(25)15-17-26(9-4)22(13-14-24(21)26)19(7-2)18-27;1-3-5-7(4-2)6-8;1-2/h7,20-24H,6,8-18,27H2,1-5H3;4-5H,2-3H2,1H3;1-2H3/b19-7-;7-5+;. The Morgan fingerprint density at radius 1 is 1.05 bits per heavy atom. The van der Waals surface area contributed by atoms with Crippen LogP contribution in [0.25, 0.3) is 0 Å². The minimum Gasteiger partial charge on any atom is -0.327 e. The molecule has 2 nitrogen and oxygen atoms in total. The summed E-state index contributed by atoms with van der Waals surface area (Å²) in [5.74, 6) is 4.68. The van der Waals surface area contributed by atoms with Crippen molar-refractivity contribution in [1.29, 1.82) is 5.26 Å². The van der Waals surface area contributed by atoms with Crippen LogP contribution in [0.2, 0.25) is 0 Å². The van der Waals surface area contributed by atoms with E-state index < -0.39 is 0 Å². The van der Waals surface area contributed by atoms with Gasteiger partial charge in [-0.15, -0.1) is 0 Å². The summed E-state index contributed by atoms with van der Waals surface area (Å²) in [6.45, 7) is 22.5. The fourth-order valence-electron chi connectivity index (χ4n) is 9.06. The van der Waals surface area contributed by atoms with Crippen LogP contribution < -0.4 is 5.73 Å². The van der Waals surface area contributed by atoms with Gasteiger partial charge in [0.15, 0.2) is 0 Å². The molecule has 2 N–H and O–H groups in total. The molecule has 3 saturated carbocycles. The molecule has 2 heteroatoms. The molecule has 0 radical (unpaired) electrons. The molecule has 3 aliphatic rings. The highest BCUT2D eigenvalue weighted by molar-refractivity contribution is 5.30. The van der Waals surface area contributed by atoms with Crippen molar-refractivity contribution in [1.82, 2.24) is 0 Å². The van der Waals surface area contributed by atoms with E-state index in [1.165, 1.54) is 70.6 Å². The lowest BCUT2D eigenvalue weighted by Crippen LogP contribution is -2.52. The number of fused-ring (bicyclic) bond motifs is 3. The SMILES string of the molecule is C/C=C(/CN)C1CCC2C3CCC(CC)C(C)(CCCC)C3CCC12CC.C=C/C(C#N)=C\CC.CC. The Labute approximate surface area is 232 Å². The quantitative estimate of drug-likeness (QED) is 0.190. The lowest BCUT2D eigenvalue weighted by atomic mass is 9.45. The molecule has 0 heterocycles. The van der Waals surface area contributed by atoms with Crippen LogP contribution >= 0.6 is 0 Å². The lowest BCUT2D eigenvalue weighted by Gasteiger charge is -2.60. The number of nitrogens with zero attached hydrogens (tertiary/aromatic N) is 1. The van der Waals surface area contributed by atoms with E-state index >= 15 is 0 Å². The van der Waals surface area contributed by atoms with Crippen molar-refractivity contribution in [2.75, 3.05) is 6.54 Å². The lowest BCUT2D eigenvalue weighted by molar-refractivity contribution is -0.105. The van der Waals surface area contributed by atoms with Gasteiger partial charge in [-0.1, -0.05) is 98.1 Å². The summed E-state index contributed by atoms with van der Waals surface area (Å²) in [6.07, 6.45) is 22.5. The van der Waals surface area contributed by atoms with Crippen molar-refractivity contribution < 1.29 is 0 Å². The molecule has 212 valence electrons. The van der Waals surface area contributed by atoms with Gasteiger partial charge in [-0.05, 0) is 105 Å². The minimum absolute atomic E-state index is 0.563. The molecule has 0 aromatic carbocycles. The smallest absolute Gasteiger partial charge is 0.0987 e. The molecule has 0 spiro atoms. The largest absolute Gasteiger partial charge is 0.327 e. The van der Waals surface area contributed by atoms with Gasteiger partial charge in [0.1, 0.15) is 0 Å². The first-order valence-corrected chi connectivity index (χ1v) is 15.9. The monoisotopic (exact) mass is 510 g/mol. The highest BCUT2D eigenvalue weighted by atomic mass is 14.7. The summed E-state index contributed by atoms with van der Waals surface area (Å²) in [5.41, 5.74) is 9.58. The summed E-state index contributed by atoms with van der Waals surface area (Å²) in [6, 6.07) is 2.00. The van der Waals surface area contributed by atoms with Crippen LogP contribution in [0, 0.1) is 51.8 Å². The van der Waals surface area contributed by atoms with Gasteiger partial charge < -0.3 is 5.73 Å². The molecule has 3 rings (SSSR count). The van der Waals surface area contributed by atoms with Crippen LogP contribution in [-0.4, -0.2) is 6.54 Å². The fraction of sp³-hybridized carbons (Fsp3) is 0.800. The first-order valence-electron chi connectivity index (χ1n) is 15.9. The van der Waals surface area contributed by atoms with Crippen LogP contribution in [0.3, 0.4) is 0 Å². The second kappa shape index (κ2) is 16.6. The third-order valence-electron chi connectivity index (χ3n) is 10.8. The maximum Gasteiger partial charge on any atom is 0.0987 e. The van der Waals surface area contributed by atoms with Crippen molar-refractivity contribution >= 4 is 0 Å². The molecule has 3 fully saturated rings. The Morgan fingerprint density at radius 2 is 1.76 bits per heavy atom. The molecule has 7 unspecified atom stereocenters. The summed E-state index contributed by atoms with van der Waals surface area (Å²) < 4.78 is 0. The van der Waals surface area contributed by atoms with Gasteiger partial charge in [-0.25, -0.2) is 0 Å². The van der Waals surface area contributed by atoms with E-state index in [9.17, 15) is 0 Å². The Morgan fingerprint density at radius 3 is 2.22 bits per heavy atom. The second-order valence-electron chi connectivity index (χ2n) is 11.9. The van der Waals surface area contributed by atoms with Gasteiger partial charge in [-0.2, -0.15) is 5.26 Å². The molecule has 7 atom stereocenters. The zero-order valence-electron chi connectivity index (χ0n) is 26.0. The number of nitrogens with two attached hydrogens (primary N) is 1. The molecular weight excluding hydrogens is 448 g/mol. The second-order valence-corrected chi connectivity index (χ2v) is 11.9. The van der Waals surface area contributed by atoms with Crippen molar-refractivity contribution in [2.24, 2.45) is 46.2 Å². The van der Waals surface area contributed by atoms with Gasteiger partial charge in [0.05, 0.1) is 6.07 Å². The van der Waals surface area contributed by atoms with Crippen LogP contribution in [0.15, 0.2) is 36.0 Å². The average Bonchev–Trinajstić information content (AvgIpc) is 3.33. The van der Waals surface area contributed by atoms with E-state index in [2.05, 4.69) is 47.3 Å². The molecule has 3 aliphatic carbocycles. The van der Waals surface area contributed by atoms with Crippen molar-refractivity contribution in [3.05, 3.63) is 36.0 Å². The Bertz CT molecular complexity index is 771. The van der Waals surface area contributed by atoms with Gasteiger partial charge in [0.25, 0.3) is 0 Å². The minimum atomic E-state index is 0.563. The highest BCUT2D eigenvalue weighted by Crippen LogP contribution is 2.68. The van der Waals surface area contributed by atoms with Gasteiger partial charge in [0, 0.05) is 12.1 Å². The summed E-state index contributed by atoms with van der Waals surface area (Å²) in [7, 11) is 0. The maximum absolute atomic E-state index is 8.27. The van der Waals surface area contributed by atoms with Crippen molar-refractivity contribution in [3.63, 3.8) is 0 Å². The average molecular weight is 511 g/mol. The van der Waals surface area contributed by atoms with E-state index in [0.29, 0.717) is 16.4 Å². The Hall–Kier alpha value is -1.33. The van der Waals surface area contributed by atoms with E-state index in [-0.39, 0.29) is 0 Å². The maximum atomic E-state index is 8.27. The Kier molecular flexibility index (Phi) is 15.1. The van der Waals surface area contributed by atoms with Gasteiger partial charge in [-0.3, -0.25) is 0 Å². The molecule has 0 aromatic heterocycles. The van der Waals surface area contributed by atoms with Crippen LogP contribution in [0.5, 0.6) is 0 Å². The molecule has 0 aliphatic heterocycles. The van der Waals surface area contributed by atoms with Crippen LogP contribution in [-0.2, 0) is 0 Å². The van der Waals surface area contributed by atoms with E-state index in [4.69, 9.17) is 11.0 Å². The summed E-state index contributed by atoms with van der Waals surface area (Å²) in [5, 5.41) is 8.27. The summed E-state index contributed by atoms with van der Waals surface area (Å²) >= 11 is 0. The first-order chi connectivity index (χ1) is 17.9. The van der Waals surface area contributed by atoms with Gasteiger partial charge in [0.2, 0.25) is 0 Å². The normalized spacial score (nSPS) is 35.1. The van der Waals surface area contributed by atoms with Crippen molar-refractivity contribution in [2.45, 2.75) is 132 Å². The summed E-state index contributed by atoms with van der Waals surface area (Å²) in [4.78, 5) is 0. The highest BCUT2D eigenvalue weighted by Gasteiger charge is 2.60. The number of hydrogen-bond donors (Lipinski definition) is 1. The predicted octanol–water partition coefficient (Wildman–Crippen LogP) is 10.4. The molecule has 0 saturated heterocycles. The molecule has 0 amide bonds. The number of hydrogen-bond acceptors (Lipinski definition) is 2. The predicted molar refractivity (Wildman–Crippen MR) is 164 cm³/mol. The number of unbranched alkanes of at least 4 members (excludes halogenated alkanes) is 1. The Balaban J connectivity index is 0.000000586. The number of rotatable bonds is 9. The van der Waals surface area contributed by atoms with E-state index in [1.807, 2.05) is 32.9 Å². The zero-order chi connectivity index (χ0) is 28.1. The molecule has 0 bridgehead atoms. The zero-order valence-corrected chi connectivity index (χ0v) is 26.0. The number of allylic oxidation sites excluding steroid dienone is 4. The van der Waals surface area contributed by atoms with E-state index in [0.717, 1.165) is 42.6 Å². The van der Waals surface area contributed by atoms with Crippen LogP contribution in [0.4, 0.5) is 0 Å². The van der Waals surface area contributed by atoms with Crippen molar-refractivity contribution in [3.8, 4) is 6.07 Å². The first kappa shape index (κ1) is 33.7. The third kappa shape index (κ3) is 7.20.